The van der Waals surface area contributed by atoms with E-state index in [1.54, 1.807) is 19.1 Å². The minimum absolute atomic E-state index is 0.0798. The van der Waals surface area contributed by atoms with Gasteiger partial charge < -0.3 is 10.4 Å². The van der Waals surface area contributed by atoms with Crippen molar-refractivity contribution in [3.8, 4) is 0 Å². The van der Waals surface area contributed by atoms with Gasteiger partial charge in [-0.25, -0.2) is 4.39 Å². The molecule has 0 amide bonds. The van der Waals surface area contributed by atoms with Crippen molar-refractivity contribution in [3.63, 3.8) is 0 Å². The lowest BCUT2D eigenvalue weighted by Gasteiger charge is -2.22. The fraction of sp³-hybridized carbons (Fsp3) is 0.455. The SMILES string of the molecule is CCC(C)(O)CNc1cccc(Cl)c1F. The van der Waals surface area contributed by atoms with Crippen molar-refractivity contribution < 1.29 is 9.50 Å². The molecule has 0 aromatic heterocycles. The molecule has 0 saturated carbocycles. The standard InChI is InChI=1S/C11H15ClFNO/c1-3-11(2,15)7-14-9-6-4-5-8(12)10(9)13/h4-6,14-15H,3,7H2,1-2H3. The molecule has 0 aliphatic heterocycles. The summed E-state index contributed by atoms with van der Waals surface area (Å²) in [4.78, 5) is 0. The summed E-state index contributed by atoms with van der Waals surface area (Å²) >= 11 is 5.62. The van der Waals surface area contributed by atoms with Crippen LogP contribution in [0.4, 0.5) is 10.1 Å². The number of benzene rings is 1. The monoisotopic (exact) mass is 231 g/mol. The summed E-state index contributed by atoms with van der Waals surface area (Å²) in [6.07, 6.45) is 0.599. The molecule has 0 saturated heterocycles. The highest BCUT2D eigenvalue weighted by Crippen LogP contribution is 2.22. The molecular formula is C11H15ClFNO. The molecule has 15 heavy (non-hydrogen) atoms. The highest BCUT2D eigenvalue weighted by Gasteiger charge is 2.17. The smallest absolute Gasteiger partial charge is 0.164 e. The van der Waals surface area contributed by atoms with Crippen LogP contribution in [0, 0.1) is 5.82 Å². The number of hydrogen-bond donors (Lipinski definition) is 2. The van der Waals surface area contributed by atoms with E-state index in [0.29, 0.717) is 18.7 Å². The minimum atomic E-state index is -0.839. The zero-order valence-electron chi connectivity index (χ0n) is 8.85. The summed E-state index contributed by atoms with van der Waals surface area (Å²) in [6.45, 7) is 3.86. The Labute approximate surface area is 94.1 Å². The highest BCUT2D eigenvalue weighted by atomic mass is 35.5. The fourth-order valence-corrected chi connectivity index (χ4v) is 1.23. The van der Waals surface area contributed by atoms with E-state index in [-0.39, 0.29) is 5.02 Å². The number of nitrogens with one attached hydrogen (secondary N) is 1. The summed E-state index contributed by atoms with van der Waals surface area (Å²) in [6, 6.07) is 4.74. The summed E-state index contributed by atoms with van der Waals surface area (Å²) in [7, 11) is 0. The van der Waals surface area contributed by atoms with Crippen LogP contribution in [0.1, 0.15) is 20.3 Å². The van der Waals surface area contributed by atoms with E-state index < -0.39 is 11.4 Å². The summed E-state index contributed by atoms with van der Waals surface area (Å²) in [5.41, 5.74) is -0.523. The van der Waals surface area contributed by atoms with Crippen LogP contribution in [0.2, 0.25) is 5.02 Å². The second-order valence-corrected chi connectivity index (χ2v) is 4.21. The van der Waals surface area contributed by atoms with E-state index in [4.69, 9.17) is 11.6 Å². The molecule has 2 N–H and O–H groups in total. The molecule has 4 heteroatoms. The lowest BCUT2D eigenvalue weighted by Crippen LogP contribution is -2.32. The van der Waals surface area contributed by atoms with Crippen LogP contribution in [0.3, 0.4) is 0 Å². The van der Waals surface area contributed by atoms with Gasteiger partial charge >= 0.3 is 0 Å². The van der Waals surface area contributed by atoms with Crippen LogP contribution < -0.4 is 5.32 Å². The Morgan fingerprint density at radius 1 is 1.53 bits per heavy atom. The number of rotatable bonds is 4. The van der Waals surface area contributed by atoms with Gasteiger partial charge in [-0.15, -0.1) is 0 Å². The second-order valence-electron chi connectivity index (χ2n) is 3.81. The number of hydrogen-bond acceptors (Lipinski definition) is 2. The maximum atomic E-state index is 13.4. The molecule has 0 fully saturated rings. The lowest BCUT2D eigenvalue weighted by molar-refractivity contribution is 0.0697. The second kappa shape index (κ2) is 4.81. The van der Waals surface area contributed by atoms with E-state index in [0.717, 1.165) is 0 Å². The molecule has 0 aliphatic rings. The Kier molecular flexibility index (Phi) is 3.94. The molecule has 1 rings (SSSR count). The minimum Gasteiger partial charge on any atom is -0.388 e. The van der Waals surface area contributed by atoms with Crippen molar-refractivity contribution in [2.45, 2.75) is 25.9 Å². The summed E-state index contributed by atoms with van der Waals surface area (Å²) < 4.78 is 13.4. The molecule has 84 valence electrons. The maximum absolute atomic E-state index is 13.4. The van der Waals surface area contributed by atoms with Gasteiger partial charge in [-0.2, -0.15) is 0 Å². The van der Waals surface area contributed by atoms with Crippen molar-refractivity contribution in [1.82, 2.24) is 0 Å². The first kappa shape index (κ1) is 12.3. The highest BCUT2D eigenvalue weighted by molar-refractivity contribution is 6.31. The molecule has 0 bridgehead atoms. The Hall–Kier alpha value is -0.800. The molecular weight excluding hydrogens is 217 g/mol. The van der Waals surface area contributed by atoms with E-state index in [2.05, 4.69) is 5.32 Å². The van der Waals surface area contributed by atoms with E-state index >= 15 is 0 Å². The van der Waals surface area contributed by atoms with E-state index in [1.807, 2.05) is 6.92 Å². The lowest BCUT2D eigenvalue weighted by atomic mass is 10.0. The number of halogens is 2. The van der Waals surface area contributed by atoms with Gasteiger partial charge in [-0.3, -0.25) is 0 Å². The Morgan fingerprint density at radius 3 is 2.80 bits per heavy atom. The number of anilines is 1. The van der Waals surface area contributed by atoms with Crippen LogP contribution in [0.25, 0.3) is 0 Å². The van der Waals surface area contributed by atoms with Gasteiger partial charge in [0.15, 0.2) is 5.82 Å². The van der Waals surface area contributed by atoms with Crippen LogP contribution in [-0.4, -0.2) is 17.3 Å². The average molecular weight is 232 g/mol. The normalized spacial score (nSPS) is 14.7. The molecule has 1 aromatic carbocycles. The van der Waals surface area contributed by atoms with Crippen molar-refractivity contribution in [3.05, 3.63) is 29.0 Å². The molecule has 1 aromatic rings. The third kappa shape index (κ3) is 3.36. The Morgan fingerprint density at radius 2 is 2.20 bits per heavy atom. The van der Waals surface area contributed by atoms with E-state index in [1.165, 1.54) is 6.07 Å². The zero-order valence-corrected chi connectivity index (χ0v) is 9.61. The van der Waals surface area contributed by atoms with Gasteiger partial charge in [0.2, 0.25) is 0 Å². The van der Waals surface area contributed by atoms with Crippen molar-refractivity contribution in [1.29, 1.82) is 0 Å². The average Bonchev–Trinajstić information content (AvgIpc) is 2.20. The van der Waals surface area contributed by atoms with E-state index in [9.17, 15) is 9.50 Å². The van der Waals surface area contributed by atoms with Crippen molar-refractivity contribution in [2.24, 2.45) is 0 Å². The van der Waals surface area contributed by atoms with Crippen LogP contribution in [-0.2, 0) is 0 Å². The van der Waals surface area contributed by atoms with Crippen molar-refractivity contribution >= 4 is 17.3 Å². The largest absolute Gasteiger partial charge is 0.388 e. The quantitative estimate of drug-likeness (QED) is 0.835. The maximum Gasteiger partial charge on any atom is 0.164 e. The predicted octanol–water partition coefficient (Wildman–Crippen LogP) is 3.05. The Balaban J connectivity index is 2.70. The van der Waals surface area contributed by atoms with Gasteiger partial charge in [0.25, 0.3) is 0 Å². The molecule has 0 spiro atoms. The van der Waals surface area contributed by atoms with Crippen LogP contribution in [0.15, 0.2) is 18.2 Å². The molecule has 1 unspecified atom stereocenters. The summed E-state index contributed by atoms with van der Waals surface area (Å²) in [5.74, 6) is -0.480. The van der Waals surface area contributed by atoms with Gasteiger partial charge in [-0.05, 0) is 25.5 Å². The predicted molar refractivity (Wildman–Crippen MR) is 60.8 cm³/mol. The van der Waals surface area contributed by atoms with Crippen molar-refractivity contribution in [2.75, 3.05) is 11.9 Å². The third-order valence-corrected chi connectivity index (χ3v) is 2.66. The molecule has 0 aliphatic carbocycles. The first-order valence-corrected chi connectivity index (χ1v) is 5.24. The fourth-order valence-electron chi connectivity index (χ4n) is 1.05. The zero-order chi connectivity index (χ0) is 11.5. The van der Waals surface area contributed by atoms with Crippen LogP contribution >= 0.6 is 11.6 Å². The van der Waals surface area contributed by atoms with Crippen LogP contribution in [0.5, 0.6) is 0 Å². The molecule has 0 heterocycles. The molecule has 2 nitrogen and oxygen atoms in total. The topological polar surface area (TPSA) is 32.3 Å². The third-order valence-electron chi connectivity index (χ3n) is 2.37. The van der Waals surface area contributed by atoms with Gasteiger partial charge in [0.1, 0.15) is 0 Å². The van der Waals surface area contributed by atoms with Gasteiger partial charge in [0.05, 0.1) is 16.3 Å². The first-order valence-electron chi connectivity index (χ1n) is 4.86. The first-order chi connectivity index (χ1) is 6.96. The number of aliphatic hydroxyl groups is 1. The Bertz CT molecular complexity index is 341. The summed E-state index contributed by atoms with van der Waals surface area (Å²) in [5, 5.41) is 12.6. The molecule has 1 atom stereocenters. The van der Waals surface area contributed by atoms with Gasteiger partial charge in [-0.1, -0.05) is 24.6 Å². The van der Waals surface area contributed by atoms with Gasteiger partial charge in [0, 0.05) is 6.54 Å². The molecule has 0 radical (unpaired) electrons.